The lowest BCUT2D eigenvalue weighted by Crippen LogP contribution is -2.30. The second-order valence-corrected chi connectivity index (χ2v) is 16.7. The first-order valence-corrected chi connectivity index (χ1v) is 25.1. The van der Waals surface area contributed by atoms with Crippen LogP contribution in [0.25, 0.3) is 0 Å². The Hall–Kier alpha value is -2.63. The molecule has 0 saturated carbocycles. The van der Waals surface area contributed by atoms with Crippen LogP contribution >= 0.6 is 0 Å². The molecule has 0 rings (SSSR count). The average Bonchev–Trinajstić information content (AvgIpc) is 3.23. The van der Waals surface area contributed by atoms with Gasteiger partial charge >= 0.3 is 17.9 Å². The van der Waals surface area contributed by atoms with Gasteiger partial charge in [0.1, 0.15) is 13.2 Å². The Balaban J connectivity index is 4.28. The third-order valence-electron chi connectivity index (χ3n) is 10.8. The van der Waals surface area contributed by atoms with Gasteiger partial charge in [-0.1, -0.05) is 198 Å². The number of unbranched alkanes of at least 4 members (excludes halogenated alkanes) is 26. The number of hydrogen-bond acceptors (Lipinski definition) is 6. The van der Waals surface area contributed by atoms with Crippen molar-refractivity contribution >= 4 is 17.9 Å². The van der Waals surface area contributed by atoms with Crippen LogP contribution in [0.1, 0.15) is 252 Å². The van der Waals surface area contributed by atoms with E-state index in [9.17, 15) is 14.4 Å². The standard InChI is InChI=1S/C53H94O6/c1-4-7-10-13-16-19-21-23-24-25-26-27-28-29-30-31-33-34-37-40-43-46-52(55)58-49-50(48-57-51(54)45-42-39-36-18-15-12-9-6-3)59-53(56)47-44-41-38-35-32-22-20-17-14-11-8-5-2/h17,20-21,23,25-26,28-29,50H,4-16,18-19,22,24,27,30-49H2,1-3H3/b20-17-,23-21-,26-25-,29-28-. The lowest BCUT2D eigenvalue weighted by Gasteiger charge is -2.18. The Morgan fingerprint density at radius 2 is 0.610 bits per heavy atom. The molecule has 0 aromatic carbocycles. The van der Waals surface area contributed by atoms with Crippen LogP contribution in [0, 0.1) is 0 Å². The number of carbonyl (C=O) groups excluding carboxylic acids is 3. The van der Waals surface area contributed by atoms with Gasteiger partial charge in [0.2, 0.25) is 0 Å². The number of hydrogen-bond donors (Lipinski definition) is 0. The lowest BCUT2D eigenvalue weighted by atomic mass is 10.1. The van der Waals surface area contributed by atoms with Crippen molar-refractivity contribution in [2.45, 2.75) is 258 Å². The van der Waals surface area contributed by atoms with Gasteiger partial charge in [-0.3, -0.25) is 14.4 Å². The maximum atomic E-state index is 12.7. The summed E-state index contributed by atoms with van der Waals surface area (Å²) in [7, 11) is 0. The zero-order chi connectivity index (χ0) is 43.0. The molecule has 6 heteroatoms. The van der Waals surface area contributed by atoms with Gasteiger partial charge in [-0.2, -0.15) is 0 Å². The number of esters is 3. The zero-order valence-electron chi connectivity index (χ0n) is 39.0. The van der Waals surface area contributed by atoms with Gasteiger partial charge in [0, 0.05) is 19.3 Å². The van der Waals surface area contributed by atoms with E-state index in [4.69, 9.17) is 14.2 Å². The Morgan fingerprint density at radius 1 is 0.339 bits per heavy atom. The summed E-state index contributed by atoms with van der Waals surface area (Å²) in [5.74, 6) is -0.903. The quantitative estimate of drug-likeness (QED) is 0.0263. The summed E-state index contributed by atoms with van der Waals surface area (Å²) in [6.07, 6.45) is 56.7. The van der Waals surface area contributed by atoms with E-state index in [1.807, 2.05) is 0 Å². The summed E-state index contributed by atoms with van der Waals surface area (Å²) in [5.41, 5.74) is 0. The largest absolute Gasteiger partial charge is 0.462 e. The number of rotatable bonds is 45. The predicted octanol–water partition coefficient (Wildman–Crippen LogP) is 16.3. The highest BCUT2D eigenvalue weighted by Crippen LogP contribution is 2.14. The molecule has 0 saturated heterocycles. The summed E-state index contributed by atoms with van der Waals surface area (Å²) in [6, 6.07) is 0. The fraction of sp³-hybridized carbons (Fsp3) is 0.792. The average molecular weight is 827 g/mol. The van der Waals surface area contributed by atoms with Gasteiger partial charge in [-0.25, -0.2) is 0 Å². The minimum Gasteiger partial charge on any atom is -0.462 e. The maximum Gasteiger partial charge on any atom is 0.306 e. The second-order valence-electron chi connectivity index (χ2n) is 16.7. The first-order valence-electron chi connectivity index (χ1n) is 25.1. The van der Waals surface area contributed by atoms with Gasteiger partial charge in [0.15, 0.2) is 6.10 Å². The normalized spacial score (nSPS) is 12.4. The van der Waals surface area contributed by atoms with Crippen molar-refractivity contribution in [2.75, 3.05) is 13.2 Å². The van der Waals surface area contributed by atoms with Crippen molar-refractivity contribution in [3.05, 3.63) is 48.6 Å². The highest BCUT2D eigenvalue weighted by molar-refractivity contribution is 5.71. The van der Waals surface area contributed by atoms with E-state index in [0.717, 1.165) is 89.9 Å². The van der Waals surface area contributed by atoms with Crippen molar-refractivity contribution in [2.24, 2.45) is 0 Å². The Bertz CT molecular complexity index is 1040. The summed E-state index contributed by atoms with van der Waals surface area (Å²) in [5, 5.41) is 0. The van der Waals surface area contributed by atoms with Crippen LogP contribution in [0.4, 0.5) is 0 Å². The van der Waals surface area contributed by atoms with Gasteiger partial charge in [-0.05, 0) is 83.5 Å². The molecule has 0 aliphatic heterocycles. The molecule has 1 unspecified atom stereocenters. The van der Waals surface area contributed by atoms with Crippen molar-refractivity contribution in [3.8, 4) is 0 Å². The van der Waals surface area contributed by atoms with Crippen molar-refractivity contribution in [1.29, 1.82) is 0 Å². The molecule has 0 aliphatic carbocycles. The third kappa shape index (κ3) is 46.3. The van der Waals surface area contributed by atoms with Crippen molar-refractivity contribution in [1.82, 2.24) is 0 Å². The van der Waals surface area contributed by atoms with E-state index in [2.05, 4.69) is 69.4 Å². The second kappa shape index (κ2) is 48.0. The van der Waals surface area contributed by atoms with Crippen LogP contribution in [0.5, 0.6) is 0 Å². The highest BCUT2D eigenvalue weighted by atomic mass is 16.6. The predicted molar refractivity (Wildman–Crippen MR) is 252 cm³/mol. The van der Waals surface area contributed by atoms with Crippen LogP contribution < -0.4 is 0 Å². The third-order valence-corrected chi connectivity index (χ3v) is 10.8. The summed E-state index contributed by atoms with van der Waals surface area (Å²) in [4.78, 5) is 37.8. The van der Waals surface area contributed by atoms with E-state index >= 15 is 0 Å². The lowest BCUT2D eigenvalue weighted by molar-refractivity contribution is -0.167. The Kier molecular flexibility index (Phi) is 45.9. The van der Waals surface area contributed by atoms with Crippen LogP contribution in [0.3, 0.4) is 0 Å². The molecule has 6 nitrogen and oxygen atoms in total. The molecule has 1 atom stereocenters. The fourth-order valence-corrected chi connectivity index (χ4v) is 6.97. The molecule has 0 fully saturated rings. The smallest absolute Gasteiger partial charge is 0.306 e. The molecule has 0 radical (unpaired) electrons. The number of ether oxygens (including phenoxy) is 3. The van der Waals surface area contributed by atoms with Crippen LogP contribution in [-0.4, -0.2) is 37.2 Å². The van der Waals surface area contributed by atoms with Crippen LogP contribution in [-0.2, 0) is 28.6 Å². The molecule has 0 aliphatic rings. The molecule has 59 heavy (non-hydrogen) atoms. The van der Waals surface area contributed by atoms with E-state index in [-0.39, 0.29) is 31.1 Å². The van der Waals surface area contributed by atoms with E-state index < -0.39 is 6.10 Å². The van der Waals surface area contributed by atoms with Gasteiger partial charge < -0.3 is 14.2 Å². The van der Waals surface area contributed by atoms with Crippen LogP contribution in [0.15, 0.2) is 48.6 Å². The molecule has 342 valence electrons. The summed E-state index contributed by atoms with van der Waals surface area (Å²) >= 11 is 0. The topological polar surface area (TPSA) is 78.9 Å². The maximum absolute atomic E-state index is 12.7. The zero-order valence-corrected chi connectivity index (χ0v) is 39.0. The highest BCUT2D eigenvalue weighted by Gasteiger charge is 2.19. The molecule has 0 aromatic rings. The molecule has 0 aromatic heterocycles. The van der Waals surface area contributed by atoms with Gasteiger partial charge in [0.25, 0.3) is 0 Å². The fourth-order valence-electron chi connectivity index (χ4n) is 6.97. The minimum atomic E-state index is -0.778. The molecule has 0 N–H and O–H groups in total. The SMILES string of the molecule is CCCCC/C=C\CCCCCCCC(=O)OC(COC(=O)CCCCCCCC/C=C\C/C=C\C/C=C\CCCCCCC)COC(=O)CCCCCCCCCC. The first-order chi connectivity index (χ1) is 29.0. The van der Waals surface area contributed by atoms with Crippen LogP contribution in [0.2, 0.25) is 0 Å². The number of allylic oxidation sites excluding steroid dienone is 8. The Morgan fingerprint density at radius 3 is 1.00 bits per heavy atom. The monoisotopic (exact) mass is 827 g/mol. The van der Waals surface area contributed by atoms with Crippen molar-refractivity contribution in [3.63, 3.8) is 0 Å². The molecular formula is C53H94O6. The Labute approximate surface area is 365 Å². The minimum absolute atomic E-state index is 0.0797. The molecule has 0 bridgehead atoms. The number of carbonyl (C=O) groups is 3. The summed E-state index contributed by atoms with van der Waals surface area (Å²) in [6.45, 7) is 6.56. The van der Waals surface area contributed by atoms with Gasteiger partial charge in [0.05, 0.1) is 0 Å². The van der Waals surface area contributed by atoms with E-state index in [0.29, 0.717) is 19.3 Å². The van der Waals surface area contributed by atoms with Crippen molar-refractivity contribution < 1.29 is 28.6 Å². The van der Waals surface area contributed by atoms with Gasteiger partial charge in [-0.15, -0.1) is 0 Å². The first kappa shape index (κ1) is 56.4. The molecule has 0 spiro atoms. The molecule has 0 amide bonds. The van der Waals surface area contributed by atoms with E-state index in [1.54, 1.807) is 0 Å². The molecule has 0 heterocycles. The summed E-state index contributed by atoms with van der Waals surface area (Å²) < 4.78 is 16.7. The molecular weight excluding hydrogens is 733 g/mol. The van der Waals surface area contributed by atoms with E-state index in [1.165, 1.54) is 122 Å².